The first kappa shape index (κ1) is 23.6. The van der Waals surface area contributed by atoms with Crippen molar-refractivity contribution in [2.75, 3.05) is 31.1 Å². The van der Waals surface area contributed by atoms with Gasteiger partial charge >= 0.3 is 0 Å². The standard InChI is InChI=1S/C26H34N4O2/c1-5-29(24-9-6-8-19(2)14-24)12-11-28-26(31)23(17-27)16-22-15-20(3)30(21(22)4)18-25-10-7-13-32-25/h6,8-9,14-16,25H,5,7,10-13,18H2,1-4H3,(H,28,31)/b23-16+. The van der Waals surface area contributed by atoms with Gasteiger partial charge in [-0.2, -0.15) is 5.26 Å². The first-order valence-electron chi connectivity index (χ1n) is 11.4. The predicted octanol–water partition coefficient (Wildman–Crippen LogP) is 4.14. The van der Waals surface area contributed by atoms with Crippen LogP contribution in [0.4, 0.5) is 5.69 Å². The molecule has 1 aromatic carbocycles. The van der Waals surface area contributed by atoms with Crippen molar-refractivity contribution in [2.45, 2.75) is 53.2 Å². The second kappa shape index (κ2) is 11.0. The molecular formula is C26H34N4O2. The Bertz CT molecular complexity index is 1010. The fourth-order valence-electron chi connectivity index (χ4n) is 4.24. The van der Waals surface area contributed by atoms with Crippen LogP contribution in [0.15, 0.2) is 35.9 Å². The molecule has 6 heteroatoms. The molecule has 1 N–H and O–H groups in total. The lowest BCUT2D eigenvalue weighted by Crippen LogP contribution is -2.35. The molecule has 1 aromatic heterocycles. The molecule has 6 nitrogen and oxygen atoms in total. The van der Waals surface area contributed by atoms with Gasteiger partial charge in [-0.3, -0.25) is 4.79 Å². The van der Waals surface area contributed by atoms with Crippen molar-refractivity contribution in [2.24, 2.45) is 0 Å². The summed E-state index contributed by atoms with van der Waals surface area (Å²) in [7, 11) is 0. The Morgan fingerprint density at radius 2 is 2.16 bits per heavy atom. The molecule has 3 rings (SSSR count). The molecule has 0 aliphatic carbocycles. The van der Waals surface area contributed by atoms with E-state index in [1.807, 2.05) is 19.1 Å². The first-order chi connectivity index (χ1) is 15.4. The number of likely N-dealkylation sites (N-methyl/N-ethyl adjacent to an activating group) is 1. The highest BCUT2D eigenvalue weighted by Gasteiger charge is 2.19. The summed E-state index contributed by atoms with van der Waals surface area (Å²) in [5.74, 6) is -0.336. The molecule has 1 aliphatic rings. The van der Waals surface area contributed by atoms with Crippen molar-refractivity contribution < 1.29 is 9.53 Å². The van der Waals surface area contributed by atoms with Crippen molar-refractivity contribution >= 4 is 17.7 Å². The summed E-state index contributed by atoms with van der Waals surface area (Å²) in [4.78, 5) is 14.9. The second-order valence-electron chi connectivity index (χ2n) is 8.42. The molecule has 1 amide bonds. The first-order valence-corrected chi connectivity index (χ1v) is 11.4. The Kier molecular flexibility index (Phi) is 8.13. The van der Waals surface area contributed by atoms with Gasteiger partial charge in [0, 0.05) is 49.9 Å². The van der Waals surface area contributed by atoms with Gasteiger partial charge in [-0.1, -0.05) is 12.1 Å². The zero-order chi connectivity index (χ0) is 23.1. The third kappa shape index (κ3) is 5.80. The highest BCUT2D eigenvalue weighted by Crippen LogP contribution is 2.22. The van der Waals surface area contributed by atoms with E-state index in [1.54, 1.807) is 6.08 Å². The largest absolute Gasteiger partial charge is 0.376 e. The van der Waals surface area contributed by atoms with Gasteiger partial charge < -0.3 is 19.5 Å². The molecule has 1 aliphatic heterocycles. The van der Waals surface area contributed by atoms with E-state index in [0.717, 1.165) is 55.2 Å². The lowest BCUT2D eigenvalue weighted by molar-refractivity contribution is -0.116. The third-order valence-corrected chi connectivity index (χ3v) is 6.10. The topological polar surface area (TPSA) is 70.3 Å². The predicted molar refractivity (Wildman–Crippen MR) is 129 cm³/mol. The smallest absolute Gasteiger partial charge is 0.262 e. The Hall–Kier alpha value is -3.04. The summed E-state index contributed by atoms with van der Waals surface area (Å²) in [5.41, 5.74) is 5.53. The van der Waals surface area contributed by atoms with E-state index in [1.165, 1.54) is 5.56 Å². The van der Waals surface area contributed by atoms with Crippen LogP contribution in [0.2, 0.25) is 0 Å². The van der Waals surface area contributed by atoms with E-state index in [2.05, 4.69) is 59.8 Å². The summed E-state index contributed by atoms with van der Waals surface area (Å²) in [6.07, 6.45) is 4.12. The molecule has 170 valence electrons. The molecule has 1 unspecified atom stereocenters. The van der Waals surface area contributed by atoms with Crippen LogP contribution in [0.3, 0.4) is 0 Å². The number of nitriles is 1. The van der Waals surface area contributed by atoms with Gasteiger partial charge in [-0.15, -0.1) is 0 Å². The summed E-state index contributed by atoms with van der Waals surface area (Å²) in [5, 5.41) is 12.5. The number of nitrogens with one attached hydrogen (secondary N) is 1. The van der Waals surface area contributed by atoms with E-state index in [9.17, 15) is 10.1 Å². The lowest BCUT2D eigenvalue weighted by atomic mass is 10.1. The molecule has 0 radical (unpaired) electrons. The Labute approximate surface area is 191 Å². The molecule has 0 saturated carbocycles. The monoisotopic (exact) mass is 434 g/mol. The second-order valence-corrected chi connectivity index (χ2v) is 8.42. The number of rotatable bonds is 9. The third-order valence-electron chi connectivity index (χ3n) is 6.10. The SMILES string of the molecule is CCN(CCNC(=O)/C(C#N)=C/c1cc(C)n(CC2CCCO2)c1C)c1cccc(C)c1. The van der Waals surface area contributed by atoms with Gasteiger partial charge in [-0.25, -0.2) is 0 Å². The summed E-state index contributed by atoms with van der Waals surface area (Å²) >= 11 is 0. The Morgan fingerprint density at radius 3 is 2.81 bits per heavy atom. The van der Waals surface area contributed by atoms with Crippen LogP contribution in [0.1, 0.15) is 42.3 Å². The van der Waals surface area contributed by atoms with Crippen LogP contribution in [-0.2, 0) is 16.1 Å². The number of ether oxygens (including phenoxy) is 1. The minimum atomic E-state index is -0.336. The molecule has 2 heterocycles. The summed E-state index contributed by atoms with van der Waals surface area (Å²) in [6, 6.07) is 12.4. The van der Waals surface area contributed by atoms with Gasteiger partial charge in [0.1, 0.15) is 11.6 Å². The van der Waals surface area contributed by atoms with E-state index in [-0.39, 0.29) is 17.6 Å². The number of aromatic nitrogens is 1. The molecule has 1 saturated heterocycles. The van der Waals surface area contributed by atoms with Gasteiger partial charge in [-0.05, 0) is 75.9 Å². The van der Waals surface area contributed by atoms with Crippen molar-refractivity contribution in [1.82, 2.24) is 9.88 Å². The number of benzene rings is 1. The average molecular weight is 435 g/mol. The van der Waals surface area contributed by atoms with Crippen molar-refractivity contribution in [3.8, 4) is 6.07 Å². The van der Waals surface area contributed by atoms with E-state index in [4.69, 9.17) is 4.74 Å². The minimum Gasteiger partial charge on any atom is -0.376 e. The Morgan fingerprint density at radius 1 is 1.34 bits per heavy atom. The summed E-state index contributed by atoms with van der Waals surface area (Å²) < 4.78 is 7.99. The molecular weight excluding hydrogens is 400 g/mol. The maximum atomic E-state index is 12.7. The van der Waals surface area contributed by atoms with Crippen LogP contribution >= 0.6 is 0 Å². The number of amides is 1. The zero-order valence-corrected chi connectivity index (χ0v) is 19.6. The van der Waals surface area contributed by atoms with Crippen molar-refractivity contribution in [3.05, 3.63) is 58.4 Å². The number of aryl methyl sites for hydroxylation is 2. The highest BCUT2D eigenvalue weighted by molar-refractivity contribution is 6.01. The lowest BCUT2D eigenvalue weighted by Gasteiger charge is -2.23. The van der Waals surface area contributed by atoms with Crippen LogP contribution in [0.5, 0.6) is 0 Å². The van der Waals surface area contributed by atoms with Gasteiger partial charge in [0.15, 0.2) is 0 Å². The Balaban J connectivity index is 1.63. The maximum absolute atomic E-state index is 12.7. The normalized spacial score (nSPS) is 16.1. The van der Waals surface area contributed by atoms with Crippen molar-refractivity contribution in [3.63, 3.8) is 0 Å². The zero-order valence-electron chi connectivity index (χ0n) is 19.6. The average Bonchev–Trinajstić information content (AvgIpc) is 3.38. The number of nitrogens with zero attached hydrogens (tertiary/aromatic N) is 3. The van der Waals surface area contributed by atoms with Crippen LogP contribution in [0, 0.1) is 32.1 Å². The fourth-order valence-corrected chi connectivity index (χ4v) is 4.24. The van der Waals surface area contributed by atoms with E-state index in [0.29, 0.717) is 13.1 Å². The maximum Gasteiger partial charge on any atom is 0.262 e. The summed E-state index contributed by atoms with van der Waals surface area (Å²) in [6.45, 7) is 11.9. The number of anilines is 1. The number of hydrogen-bond donors (Lipinski definition) is 1. The minimum absolute atomic E-state index is 0.126. The molecule has 0 spiro atoms. The van der Waals surface area contributed by atoms with Crippen LogP contribution in [-0.4, -0.2) is 42.8 Å². The van der Waals surface area contributed by atoms with Gasteiger partial charge in [0.05, 0.1) is 6.10 Å². The number of carbonyl (C=O) groups is 1. The highest BCUT2D eigenvalue weighted by atomic mass is 16.5. The van der Waals surface area contributed by atoms with E-state index < -0.39 is 0 Å². The number of carbonyl (C=O) groups excluding carboxylic acids is 1. The molecule has 0 bridgehead atoms. The van der Waals surface area contributed by atoms with Gasteiger partial charge in [0.25, 0.3) is 5.91 Å². The molecule has 2 aromatic rings. The van der Waals surface area contributed by atoms with Gasteiger partial charge in [0.2, 0.25) is 0 Å². The molecule has 1 atom stereocenters. The van der Waals surface area contributed by atoms with Crippen molar-refractivity contribution in [1.29, 1.82) is 5.26 Å². The van der Waals surface area contributed by atoms with Crippen LogP contribution in [0.25, 0.3) is 6.08 Å². The number of hydrogen-bond acceptors (Lipinski definition) is 4. The molecule has 32 heavy (non-hydrogen) atoms. The fraction of sp³-hybridized carbons (Fsp3) is 0.462. The molecule has 1 fully saturated rings. The van der Waals surface area contributed by atoms with E-state index >= 15 is 0 Å². The van der Waals surface area contributed by atoms with Crippen LogP contribution < -0.4 is 10.2 Å². The quantitative estimate of drug-likeness (QED) is 0.476.